The van der Waals surface area contributed by atoms with Crippen LogP contribution < -0.4 is 5.32 Å². The average molecular weight is 818 g/mol. The number of rotatable bonds is 47. The summed E-state index contributed by atoms with van der Waals surface area (Å²) in [5.74, 6) is -0.0584. The minimum atomic E-state index is -0.670. The first-order valence-corrected chi connectivity index (χ1v) is 25.6. The third-order valence-corrected chi connectivity index (χ3v) is 11.7. The number of carbonyl (C=O) groups is 2. The van der Waals surface area contributed by atoms with E-state index in [1.807, 2.05) is 0 Å². The molecule has 0 saturated heterocycles. The number of ether oxygens (including phenoxy) is 1. The van der Waals surface area contributed by atoms with Crippen molar-refractivity contribution >= 4 is 11.9 Å². The maximum Gasteiger partial charge on any atom is 0.305 e. The smallest absolute Gasteiger partial charge is 0.305 e. The molecule has 0 radical (unpaired) electrons. The summed E-state index contributed by atoms with van der Waals surface area (Å²) in [6, 6.07) is -0.549. The van der Waals surface area contributed by atoms with E-state index in [9.17, 15) is 19.8 Å². The summed E-state index contributed by atoms with van der Waals surface area (Å²) in [5, 5.41) is 23.1. The van der Waals surface area contributed by atoms with Crippen LogP contribution in [-0.2, 0) is 14.3 Å². The van der Waals surface area contributed by atoms with Crippen molar-refractivity contribution in [2.45, 2.75) is 283 Å². The second-order valence-electron chi connectivity index (χ2n) is 17.5. The number of unbranched alkanes of at least 4 members (excludes halogenated alkanes) is 32. The van der Waals surface area contributed by atoms with Crippen molar-refractivity contribution in [3.05, 3.63) is 24.3 Å². The minimum absolute atomic E-state index is 0.00680. The molecule has 1 amide bonds. The molecule has 0 heterocycles. The monoisotopic (exact) mass is 818 g/mol. The number of nitrogens with one attached hydrogen (secondary N) is 1. The molecule has 0 bridgehead atoms. The first kappa shape index (κ1) is 56.3. The summed E-state index contributed by atoms with van der Waals surface area (Å²) in [5.41, 5.74) is 0. The lowest BCUT2D eigenvalue weighted by Crippen LogP contribution is -2.45. The Morgan fingerprint density at radius 2 is 0.810 bits per heavy atom. The summed E-state index contributed by atoms with van der Waals surface area (Å²) in [4.78, 5) is 24.4. The maximum atomic E-state index is 12.4. The largest absolute Gasteiger partial charge is 0.466 e. The summed E-state index contributed by atoms with van der Waals surface area (Å²) >= 11 is 0. The molecule has 0 aromatic carbocycles. The van der Waals surface area contributed by atoms with Crippen molar-refractivity contribution in [2.75, 3.05) is 13.2 Å². The molecule has 0 rings (SSSR count). The predicted molar refractivity (Wildman–Crippen MR) is 250 cm³/mol. The average Bonchev–Trinajstić information content (AvgIpc) is 3.22. The van der Waals surface area contributed by atoms with E-state index in [0.29, 0.717) is 25.9 Å². The summed E-state index contributed by atoms with van der Waals surface area (Å²) in [6.45, 7) is 4.90. The van der Waals surface area contributed by atoms with Gasteiger partial charge in [-0.15, -0.1) is 0 Å². The van der Waals surface area contributed by atoms with Gasteiger partial charge in [-0.3, -0.25) is 9.59 Å². The number of amides is 1. The third-order valence-electron chi connectivity index (χ3n) is 11.7. The summed E-state index contributed by atoms with van der Waals surface area (Å²) < 4.78 is 5.45. The van der Waals surface area contributed by atoms with Gasteiger partial charge >= 0.3 is 5.97 Å². The normalized spacial score (nSPS) is 12.8. The number of aliphatic hydroxyl groups excluding tert-OH is 2. The molecule has 0 aliphatic carbocycles. The molecule has 0 aromatic heterocycles. The molecule has 6 heteroatoms. The van der Waals surface area contributed by atoms with Crippen LogP contribution >= 0.6 is 0 Å². The fourth-order valence-electron chi connectivity index (χ4n) is 7.74. The van der Waals surface area contributed by atoms with Gasteiger partial charge in [0.25, 0.3) is 0 Å². The number of hydrogen-bond acceptors (Lipinski definition) is 5. The van der Waals surface area contributed by atoms with Gasteiger partial charge in [0, 0.05) is 12.8 Å². The summed E-state index contributed by atoms with van der Waals surface area (Å²) in [6.07, 6.45) is 55.8. The van der Waals surface area contributed by atoms with Crippen molar-refractivity contribution < 1.29 is 24.5 Å². The van der Waals surface area contributed by atoms with Crippen molar-refractivity contribution in [1.29, 1.82) is 0 Å². The standard InChI is InChI=1S/C52H99NO5/c1-3-5-7-9-11-13-15-22-26-30-34-38-42-46-52(57)58-47-43-39-35-31-27-24-21-19-17-16-18-20-23-25-29-33-37-41-45-51(56)53-49(48-54)50(55)44-40-36-32-28-14-12-10-8-6-4-2/h13,15,18,20,49-50,54-55H,3-12,14,16-17,19,21-48H2,1-2H3,(H,53,56)/b15-13-,20-18-. The van der Waals surface area contributed by atoms with Crippen molar-refractivity contribution in [1.82, 2.24) is 5.32 Å². The van der Waals surface area contributed by atoms with Crippen LogP contribution in [-0.4, -0.2) is 47.4 Å². The van der Waals surface area contributed by atoms with Crippen LogP contribution in [0, 0.1) is 0 Å². The molecule has 6 nitrogen and oxygen atoms in total. The highest BCUT2D eigenvalue weighted by atomic mass is 16.5. The van der Waals surface area contributed by atoms with Crippen LogP contribution in [0.1, 0.15) is 271 Å². The number of esters is 1. The fraction of sp³-hybridized carbons (Fsp3) is 0.885. The first-order chi connectivity index (χ1) is 28.5. The molecule has 58 heavy (non-hydrogen) atoms. The van der Waals surface area contributed by atoms with Gasteiger partial charge in [-0.1, -0.05) is 205 Å². The Hall–Kier alpha value is -1.66. The van der Waals surface area contributed by atoms with Gasteiger partial charge < -0.3 is 20.3 Å². The van der Waals surface area contributed by atoms with E-state index in [1.54, 1.807) is 0 Å². The highest BCUT2D eigenvalue weighted by molar-refractivity contribution is 5.76. The van der Waals surface area contributed by atoms with E-state index in [4.69, 9.17) is 4.74 Å². The lowest BCUT2D eigenvalue weighted by molar-refractivity contribution is -0.143. The first-order valence-electron chi connectivity index (χ1n) is 25.6. The van der Waals surface area contributed by atoms with Crippen LogP contribution in [0.3, 0.4) is 0 Å². The van der Waals surface area contributed by atoms with Crippen molar-refractivity contribution in [3.63, 3.8) is 0 Å². The second-order valence-corrected chi connectivity index (χ2v) is 17.5. The molecule has 0 saturated carbocycles. The lowest BCUT2D eigenvalue weighted by Gasteiger charge is -2.22. The Kier molecular flexibility index (Phi) is 46.6. The van der Waals surface area contributed by atoms with Crippen LogP contribution in [0.4, 0.5) is 0 Å². The SMILES string of the molecule is CCCCCC/C=C\CCCCCCCC(=O)OCCCCCCCCCCC/C=C\CCCCCCCC(=O)NC(CO)C(O)CCCCCCCCCCCC. The Morgan fingerprint density at radius 3 is 1.24 bits per heavy atom. The second kappa shape index (κ2) is 48.0. The molecule has 2 atom stereocenters. The summed E-state index contributed by atoms with van der Waals surface area (Å²) in [7, 11) is 0. The quantitative estimate of drug-likeness (QED) is 0.0323. The Bertz CT molecular complexity index is 904. The van der Waals surface area contributed by atoms with Gasteiger partial charge in [0.15, 0.2) is 0 Å². The molecule has 0 aliphatic heterocycles. The number of allylic oxidation sites excluding steroid dienone is 4. The molecular formula is C52H99NO5. The van der Waals surface area contributed by atoms with E-state index in [1.165, 1.54) is 180 Å². The molecule has 342 valence electrons. The van der Waals surface area contributed by atoms with E-state index in [2.05, 4.69) is 43.5 Å². The fourth-order valence-corrected chi connectivity index (χ4v) is 7.74. The topological polar surface area (TPSA) is 95.9 Å². The van der Waals surface area contributed by atoms with E-state index in [-0.39, 0.29) is 18.5 Å². The zero-order chi connectivity index (χ0) is 42.3. The van der Waals surface area contributed by atoms with Crippen molar-refractivity contribution in [3.8, 4) is 0 Å². The Labute approximate surface area is 361 Å². The highest BCUT2D eigenvalue weighted by Gasteiger charge is 2.20. The zero-order valence-electron chi connectivity index (χ0n) is 38.8. The third kappa shape index (κ3) is 43.9. The molecule has 0 spiro atoms. The van der Waals surface area contributed by atoms with Gasteiger partial charge in [-0.05, 0) is 77.0 Å². The van der Waals surface area contributed by atoms with Crippen LogP contribution in [0.25, 0.3) is 0 Å². The molecular weight excluding hydrogens is 719 g/mol. The minimum Gasteiger partial charge on any atom is -0.466 e. The molecule has 0 fully saturated rings. The highest BCUT2D eigenvalue weighted by Crippen LogP contribution is 2.15. The van der Waals surface area contributed by atoms with Gasteiger partial charge in [0.05, 0.1) is 25.4 Å². The van der Waals surface area contributed by atoms with Gasteiger partial charge in [0.2, 0.25) is 5.91 Å². The Balaban J connectivity index is 3.44. The molecule has 0 aliphatic rings. The van der Waals surface area contributed by atoms with E-state index < -0.39 is 12.1 Å². The van der Waals surface area contributed by atoms with Crippen molar-refractivity contribution in [2.24, 2.45) is 0 Å². The maximum absolute atomic E-state index is 12.4. The van der Waals surface area contributed by atoms with Crippen LogP contribution in [0.5, 0.6) is 0 Å². The molecule has 3 N–H and O–H groups in total. The number of hydrogen-bond donors (Lipinski definition) is 3. The lowest BCUT2D eigenvalue weighted by atomic mass is 10.0. The van der Waals surface area contributed by atoms with Gasteiger partial charge in [-0.25, -0.2) is 0 Å². The Morgan fingerprint density at radius 1 is 0.466 bits per heavy atom. The van der Waals surface area contributed by atoms with E-state index in [0.717, 1.165) is 57.8 Å². The zero-order valence-corrected chi connectivity index (χ0v) is 38.8. The predicted octanol–water partition coefficient (Wildman–Crippen LogP) is 15.1. The number of carbonyl (C=O) groups excluding carboxylic acids is 2. The van der Waals surface area contributed by atoms with Crippen LogP contribution in [0.15, 0.2) is 24.3 Å². The van der Waals surface area contributed by atoms with Crippen LogP contribution in [0.2, 0.25) is 0 Å². The van der Waals surface area contributed by atoms with E-state index >= 15 is 0 Å². The molecule has 2 unspecified atom stereocenters. The molecule has 0 aromatic rings. The number of aliphatic hydroxyl groups is 2. The van der Waals surface area contributed by atoms with Gasteiger partial charge in [-0.2, -0.15) is 0 Å². The van der Waals surface area contributed by atoms with Gasteiger partial charge in [0.1, 0.15) is 0 Å².